The first-order chi connectivity index (χ1) is 9.99. The topological polar surface area (TPSA) is 101 Å². The summed E-state index contributed by atoms with van der Waals surface area (Å²) < 4.78 is 40.8. The van der Waals surface area contributed by atoms with Crippen LogP contribution in [-0.2, 0) is 10.0 Å². The molecule has 0 aliphatic heterocycles. The number of halogens is 1. The van der Waals surface area contributed by atoms with Crippen molar-refractivity contribution in [2.24, 2.45) is 0 Å². The summed E-state index contributed by atoms with van der Waals surface area (Å²) in [6.45, 7) is 0. The second-order valence-corrected chi connectivity index (χ2v) is 6.02. The summed E-state index contributed by atoms with van der Waals surface area (Å²) >= 11 is 0. The fourth-order valence-electron chi connectivity index (χ4n) is 2.06. The minimum absolute atomic E-state index is 0.151. The summed E-state index contributed by atoms with van der Waals surface area (Å²) in [4.78, 5) is -0.564. The number of nitrogens with zero attached hydrogens (tertiary/aromatic N) is 1. The summed E-state index contributed by atoms with van der Waals surface area (Å²) in [5.74, 6) is -0.901. The molecule has 6 nitrogen and oxygen atoms in total. The molecule has 0 unspecified atom stereocenters. The molecule has 0 atom stereocenters. The number of nitrogens with one attached hydrogen (secondary N) is 2. The fraction of sp³-hybridized carbons (Fsp3) is 0. The van der Waals surface area contributed by atoms with Crippen LogP contribution in [0.25, 0.3) is 10.9 Å². The molecule has 3 aromatic rings. The molecule has 2 aromatic carbocycles. The molecule has 3 rings (SSSR count). The number of aromatic amines is 1. The predicted octanol–water partition coefficient (Wildman–Crippen LogP) is 2.08. The van der Waals surface area contributed by atoms with Gasteiger partial charge in [-0.15, -0.1) is 0 Å². The number of hydrogen-bond donors (Lipinski definition) is 3. The van der Waals surface area contributed by atoms with E-state index in [0.717, 1.165) is 6.07 Å². The van der Waals surface area contributed by atoms with Crippen molar-refractivity contribution in [3.63, 3.8) is 0 Å². The van der Waals surface area contributed by atoms with E-state index in [1.165, 1.54) is 18.3 Å². The lowest BCUT2D eigenvalue weighted by Crippen LogP contribution is -2.16. The van der Waals surface area contributed by atoms with Gasteiger partial charge in [-0.2, -0.15) is 5.10 Å². The number of fused-ring (bicyclic) bond motifs is 1. The zero-order valence-electron chi connectivity index (χ0n) is 10.7. The Hall–Kier alpha value is -2.61. The summed E-state index contributed by atoms with van der Waals surface area (Å²) in [6, 6.07) is 8.69. The molecule has 0 radical (unpaired) electrons. The molecule has 0 spiro atoms. The Kier molecular flexibility index (Phi) is 3.02. The Balaban J connectivity index is 2.10. The molecular formula is C13H11FN4O2S. The number of rotatable bonds is 3. The van der Waals surface area contributed by atoms with E-state index in [1.54, 1.807) is 18.2 Å². The van der Waals surface area contributed by atoms with Crippen LogP contribution in [0.4, 0.5) is 15.8 Å². The highest BCUT2D eigenvalue weighted by Gasteiger charge is 2.23. The third-order valence-electron chi connectivity index (χ3n) is 3.00. The van der Waals surface area contributed by atoms with E-state index >= 15 is 0 Å². The molecule has 1 heterocycles. The van der Waals surface area contributed by atoms with Crippen molar-refractivity contribution in [1.29, 1.82) is 0 Å². The van der Waals surface area contributed by atoms with Crippen LogP contribution in [0.2, 0.25) is 0 Å². The number of benzene rings is 2. The van der Waals surface area contributed by atoms with Gasteiger partial charge in [0.1, 0.15) is 10.7 Å². The third-order valence-corrected chi connectivity index (χ3v) is 4.45. The van der Waals surface area contributed by atoms with Gasteiger partial charge in [-0.3, -0.25) is 9.82 Å². The molecule has 4 N–H and O–H groups in total. The van der Waals surface area contributed by atoms with E-state index in [-0.39, 0.29) is 5.69 Å². The number of aromatic nitrogens is 2. The van der Waals surface area contributed by atoms with Crippen LogP contribution >= 0.6 is 0 Å². The van der Waals surface area contributed by atoms with E-state index < -0.39 is 20.7 Å². The summed E-state index contributed by atoms with van der Waals surface area (Å²) in [5.41, 5.74) is 6.38. The molecular weight excluding hydrogens is 295 g/mol. The smallest absolute Gasteiger partial charge is 0.266 e. The highest BCUT2D eigenvalue weighted by molar-refractivity contribution is 7.93. The Morgan fingerprint density at radius 2 is 1.95 bits per heavy atom. The van der Waals surface area contributed by atoms with E-state index in [1.807, 2.05) is 0 Å². The van der Waals surface area contributed by atoms with Gasteiger partial charge >= 0.3 is 0 Å². The van der Waals surface area contributed by atoms with Gasteiger partial charge in [0.05, 0.1) is 23.1 Å². The van der Waals surface area contributed by atoms with Crippen molar-refractivity contribution < 1.29 is 12.8 Å². The van der Waals surface area contributed by atoms with Gasteiger partial charge in [0.2, 0.25) is 0 Å². The van der Waals surface area contributed by atoms with E-state index in [4.69, 9.17) is 5.73 Å². The zero-order valence-corrected chi connectivity index (χ0v) is 11.5. The Morgan fingerprint density at radius 3 is 2.71 bits per heavy atom. The molecule has 0 saturated heterocycles. The lowest BCUT2D eigenvalue weighted by Gasteiger charge is -2.11. The normalized spacial score (nSPS) is 11.7. The maximum atomic E-state index is 13.8. The van der Waals surface area contributed by atoms with Gasteiger partial charge in [0, 0.05) is 5.39 Å². The van der Waals surface area contributed by atoms with Gasteiger partial charge in [0.25, 0.3) is 10.0 Å². The molecule has 0 aliphatic carbocycles. The first-order valence-electron chi connectivity index (χ1n) is 5.98. The SMILES string of the molecule is Nc1cccc(F)c1S(=O)(=O)Nc1cccc2[nH]ncc12. The first kappa shape index (κ1) is 13.4. The molecule has 8 heteroatoms. The van der Waals surface area contributed by atoms with Crippen molar-refractivity contribution in [3.05, 3.63) is 48.4 Å². The van der Waals surface area contributed by atoms with E-state index in [0.29, 0.717) is 16.6 Å². The van der Waals surface area contributed by atoms with Crippen LogP contribution in [0.1, 0.15) is 0 Å². The van der Waals surface area contributed by atoms with Crippen LogP contribution in [-0.4, -0.2) is 18.6 Å². The minimum atomic E-state index is -4.14. The van der Waals surface area contributed by atoms with Crippen LogP contribution in [0.5, 0.6) is 0 Å². The van der Waals surface area contributed by atoms with Crippen molar-refractivity contribution in [2.75, 3.05) is 10.5 Å². The van der Waals surface area contributed by atoms with Crippen LogP contribution in [0, 0.1) is 5.82 Å². The van der Waals surface area contributed by atoms with Crippen LogP contribution in [0.3, 0.4) is 0 Å². The molecule has 0 fully saturated rings. The van der Waals surface area contributed by atoms with Crippen molar-refractivity contribution in [3.8, 4) is 0 Å². The molecule has 0 bridgehead atoms. The molecule has 21 heavy (non-hydrogen) atoms. The van der Waals surface area contributed by atoms with Crippen molar-refractivity contribution in [1.82, 2.24) is 10.2 Å². The lowest BCUT2D eigenvalue weighted by molar-refractivity contribution is 0.572. The highest BCUT2D eigenvalue weighted by Crippen LogP contribution is 2.27. The monoisotopic (exact) mass is 306 g/mol. The predicted molar refractivity (Wildman–Crippen MR) is 77.7 cm³/mol. The summed E-state index contributed by atoms with van der Waals surface area (Å²) in [5, 5.41) is 7.15. The molecule has 1 aromatic heterocycles. The first-order valence-corrected chi connectivity index (χ1v) is 7.46. The zero-order chi connectivity index (χ0) is 15.0. The number of H-pyrrole nitrogens is 1. The number of nitrogens with two attached hydrogens (primary N) is 1. The highest BCUT2D eigenvalue weighted by atomic mass is 32.2. The fourth-order valence-corrected chi connectivity index (χ4v) is 3.33. The number of sulfonamides is 1. The number of nitrogen functional groups attached to an aromatic ring is 1. The molecule has 0 saturated carbocycles. The Bertz CT molecular complexity index is 901. The van der Waals surface area contributed by atoms with Gasteiger partial charge < -0.3 is 5.73 Å². The van der Waals surface area contributed by atoms with Gasteiger partial charge in [-0.1, -0.05) is 12.1 Å². The van der Waals surface area contributed by atoms with Crippen molar-refractivity contribution in [2.45, 2.75) is 4.90 Å². The van der Waals surface area contributed by atoms with Gasteiger partial charge in [-0.25, -0.2) is 12.8 Å². The summed E-state index contributed by atoms with van der Waals surface area (Å²) in [7, 11) is -4.14. The second-order valence-electron chi connectivity index (χ2n) is 4.40. The second kappa shape index (κ2) is 4.74. The standard InChI is InChI=1S/C13H11FN4O2S/c14-9-3-1-4-10(15)13(9)21(19,20)18-12-6-2-5-11-8(12)7-16-17-11/h1-7,18H,15H2,(H,16,17). The quantitative estimate of drug-likeness (QED) is 0.645. The molecule has 0 amide bonds. The number of anilines is 2. The van der Waals surface area contributed by atoms with Gasteiger partial charge in [0.15, 0.2) is 0 Å². The maximum Gasteiger partial charge on any atom is 0.266 e. The van der Waals surface area contributed by atoms with Crippen LogP contribution < -0.4 is 10.5 Å². The third kappa shape index (κ3) is 2.29. The molecule has 108 valence electrons. The van der Waals surface area contributed by atoms with Gasteiger partial charge in [-0.05, 0) is 24.3 Å². The average Bonchev–Trinajstić information content (AvgIpc) is 2.87. The number of hydrogen-bond acceptors (Lipinski definition) is 4. The lowest BCUT2D eigenvalue weighted by atomic mass is 10.2. The minimum Gasteiger partial charge on any atom is -0.398 e. The average molecular weight is 306 g/mol. The maximum absolute atomic E-state index is 13.8. The van der Waals surface area contributed by atoms with Crippen molar-refractivity contribution >= 4 is 32.3 Å². The van der Waals surface area contributed by atoms with E-state index in [2.05, 4.69) is 14.9 Å². The largest absolute Gasteiger partial charge is 0.398 e. The van der Waals surface area contributed by atoms with E-state index in [9.17, 15) is 12.8 Å². The molecule has 0 aliphatic rings. The Labute approximate surface area is 119 Å². The van der Waals surface area contributed by atoms with Crippen LogP contribution in [0.15, 0.2) is 47.5 Å². The summed E-state index contributed by atoms with van der Waals surface area (Å²) in [6.07, 6.45) is 1.48. The Morgan fingerprint density at radius 1 is 1.19 bits per heavy atom.